The molecule has 1 aromatic heterocycles. The van der Waals surface area contributed by atoms with Crippen LogP contribution in [0, 0.1) is 5.82 Å². The highest BCUT2D eigenvalue weighted by molar-refractivity contribution is 5.92. The van der Waals surface area contributed by atoms with Gasteiger partial charge >= 0.3 is 0 Å². The van der Waals surface area contributed by atoms with Crippen LogP contribution < -0.4 is 0 Å². The number of carbonyl (C=O) groups is 2. The van der Waals surface area contributed by atoms with Crippen molar-refractivity contribution >= 4 is 11.8 Å². The molecule has 1 fully saturated rings. The molecule has 0 spiro atoms. The van der Waals surface area contributed by atoms with Crippen molar-refractivity contribution in [3.8, 4) is 11.3 Å². The van der Waals surface area contributed by atoms with Crippen LogP contribution >= 0.6 is 0 Å². The van der Waals surface area contributed by atoms with Crippen LogP contribution in [0.3, 0.4) is 0 Å². The molecule has 2 aromatic rings. The molecule has 5 nitrogen and oxygen atoms in total. The Morgan fingerprint density at radius 2 is 1.62 bits per heavy atom. The molecule has 0 unspecified atom stereocenters. The van der Waals surface area contributed by atoms with Crippen molar-refractivity contribution in [1.29, 1.82) is 0 Å². The summed E-state index contributed by atoms with van der Waals surface area (Å²) in [4.78, 5) is 27.5. The predicted molar refractivity (Wildman–Crippen MR) is 86.9 cm³/mol. The Kier molecular flexibility index (Phi) is 4.64. The Balaban J connectivity index is 1.71. The number of hydrogen-bond donors (Lipinski definition) is 0. The third kappa shape index (κ3) is 3.48. The highest BCUT2D eigenvalue weighted by Gasteiger charge is 2.23. The maximum Gasteiger partial charge on any atom is 0.289 e. The summed E-state index contributed by atoms with van der Waals surface area (Å²) in [5, 5.41) is 0. The van der Waals surface area contributed by atoms with Crippen molar-refractivity contribution in [3.05, 3.63) is 48.0 Å². The Hall–Kier alpha value is -2.63. The monoisotopic (exact) mass is 330 g/mol. The first-order valence-electron chi connectivity index (χ1n) is 7.95. The number of hydrogen-bond acceptors (Lipinski definition) is 3. The fourth-order valence-corrected chi connectivity index (χ4v) is 2.81. The van der Waals surface area contributed by atoms with Gasteiger partial charge < -0.3 is 14.2 Å². The van der Waals surface area contributed by atoms with Crippen molar-refractivity contribution in [2.45, 2.75) is 13.3 Å². The lowest BCUT2D eigenvalue weighted by Gasteiger charge is -2.20. The molecule has 2 amide bonds. The van der Waals surface area contributed by atoms with E-state index in [2.05, 4.69) is 0 Å². The summed E-state index contributed by atoms with van der Waals surface area (Å²) in [7, 11) is 0. The van der Waals surface area contributed by atoms with Gasteiger partial charge in [-0.3, -0.25) is 9.59 Å². The van der Waals surface area contributed by atoms with Crippen molar-refractivity contribution in [1.82, 2.24) is 9.80 Å². The lowest BCUT2D eigenvalue weighted by molar-refractivity contribution is -0.128. The normalized spacial score (nSPS) is 15.2. The van der Waals surface area contributed by atoms with E-state index in [1.165, 1.54) is 12.1 Å². The fraction of sp³-hybridized carbons (Fsp3) is 0.333. The topological polar surface area (TPSA) is 53.8 Å². The van der Waals surface area contributed by atoms with Gasteiger partial charge in [0, 0.05) is 38.7 Å². The van der Waals surface area contributed by atoms with Crippen LogP contribution in [0.25, 0.3) is 11.3 Å². The van der Waals surface area contributed by atoms with E-state index in [0.29, 0.717) is 37.5 Å². The second-order valence-electron chi connectivity index (χ2n) is 5.82. The molecule has 0 N–H and O–H groups in total. The first kappa shape index (κ1) is 16.2. The van der Waals surface area contributed by atoms with Crippen molar-refractivity contribution in [2.75, 3.05) is 26.2 Å². The van der Waals surface area contributed by atoms with Crippen LogP contribution in [0.2, 0.25) is 0 Å². The molecule has 1 saturated heterocycles. The summed E-state index contributed by atoms with van der Waals surface area (Å²) in [6, 6.07) is 9.27. The highest BCUT2D eigenvalue weighted by Crippen LogP contribution is 2.23. The number of amides is 2. The van der Waals surface area contributed by atoms with Crippen LogP contribution in [0.4, 0.5) is 4.39 Å². The van der Waals surface area contributed by atoms with E-state index in [1.807, 2.05) is 0 Å². The van der Waals surface area contributed by atoms with Crippen LogP contribution in [-0.4, -0.2) is 47.8 Å². The molecule has 0 atom stereocenters. The average molecular weight is 330 g/mol. The largest absolute Gasteiger partial charge is 0.451 e. The maximum atomic E-state index is 13.0. The van der Waals surface area contributed by atoms with Gasteiger partial charge in [0.15, 0.2) is 5.76 Å². The maximum absolute atomic E-state index is 13.0. The van der Waals surface area contributed by atoms with Gasteiger partial charge in [-0.05, 0) is 42.8 Å². The van der Waals surface area contributed by atoms with Crippen molar-refractivity contribution in [2.24, 2.45) is 0 Å². The van der Waals surface area contributed by atoms with Crippen LogP contribution in [0.5, 0.6) is 0 Å². The molecule has 1 aromatic carbocycles. The minimum atomic E-state index is -0.318. The summed E-state index contributed by atoms with van der Waals surface area (Å²) in [5.74, 6) is 0.306. The zero-order valence-corrected chi connectivity index (χ0v) is 13.5. The number of halogens is 1. The Morgan fingerprint density at radius 1 is 0.958 bits per heavy atom. The summed E-state index contributed by atoms with van der Waals surface area (Å²) >= 11 is 0. The van der Waals surface area contributed by atoms with Crippen molar-refractivity contribution < 1.29 is 18.4 Å². The average Bonchev–Trinajstić information content (AvgIpc) is 2.92. The summed E-state index contributed by atoms with van der Waals surface area (Å²) < 4.78 is 18.6. The first-order chi connectivity index (χ1) is 11.5. The number of nitrogens with zero attached hydrogens (tertiary/aromatic N) is 2. The van der Waals surface area contributed by atoms with Gasteiger partial charge in [0.2, 0.25) is 5.91 Å². The van der Waals surface area contributed by atoms with E-state index >= 15 is 0 Å². The van der Waals surface area contributed by atoms with Gasteiger partial charge in [-0.25, -0.2) is 4.39 Å². The minimum absolute atomic E-state index is 0.0286. The van der Waals surface area contributed by atoms with Crippen molar-refractivity contribution in [3.63, 3.8) is 0 Å². The standard InChI is InChI=1S/C18H19FN2O3/c1-13(22)20-9-2-10-21(12-11-20)18(23)17-8-7-16(24-17)14-3-5-15(19)6-4-14/h3-8H,2,9-12H2,1H3. The second-order valence-corrected chi connectivity index (χ2v) is 5.82. The molecule has 126 valence electrons. The van der Waals surface area contributed by atoms with E-state index in [9.17, 15) is 14.0 Å². The third-order valence-corrected chi connectivity index (χ3v) is 4.17. The molecule has 0 saturated carbocycles. The van der Waals surface area contributed by atoms with Gasteiger partial charge in [-0.15, -0.1) is 0 Å². The molecule has 24 heavy (non-hydrogen) atoms. The Labute approximate surface area is 139 Å². The van der Waals surface area contributed by atoms with Gasteiger partial charge in [-0.1, -0.05) is 0 Å². The van der Waals surface area contributed by atoms with Crippen LogP contribution in [0.1, 0.15) is 23.9 Å². The number of rotatable bonds is 2. The molecule has 1 aliphatic heterocycles. The smallest absolute Gasteiger partial charge is 0.289 e. The van der Waals surface area contributed by atoms with Gasteiger partial charge in [-0.2, -0.15) is 0 Å². The molecular weight excluding hydrogens is 311 g/mol. The summed E-state index contributed by atoms with van der Waals surface area (Å²) in [6.45, 7) is 3.82. The number of furan rings is 1. The van der Waals surface area contributed by atoms with E-state index in [4.69, 9.17) is 4.42 Å². The second kappa shape index (κ2) is 6.86. The summed E-state index contributed by atoms with van der Waals surface area (Å²) in [6.07, 6.45) is 0.747. The minimum Gasteiger partial charge on any atom is -0.451 e. The Morgan fingerprint density at radius 3 is 2.33 bits per heavy atom. The molecule has 0 bridgehead atoms. The predicted octanol–water partition coefficient (Wildman–Crippen LogP) is 2.78. The van der Waals surface area contributed by atoms with Crippen LogP contribution in [-0.2, 0) is 4.79 Å². The quantitative estimate of drug-likeness (QED) is 0.851. The van der Waals surface area contributed by atoms with E-state index in [-0.39, 0.29) is 23.4 Å². The summed E-state index contributed by atoms with van der Waals surface area (Å²) in [5.41, 5.74) is 0.717. The van der Waals surface area contributed by atoms with E-state index in [1.54, 1.807) is 41.0 Å². The first-order valence-corrected chi connectivity index (χ1v) is 7.95. The van der Waals surface area contributed by atoms with E-state index in [0.717, 1.165) is 6.42 Å². The fourth-order valence-electron chi connectivity index (χ4n) is 2.81. The highest BCUT2D eigenvalue weighted by atomic mass is 19.1. The lowest BCUT2D eigenvalue weighted by atomic mass is 10.2. The lowest BCUT2D eigenvalue weighted by Crippen LogP contribution is -2.36. The number of benzene rings is 1. The SMILES string of the molecule is CC(=O)N1CCCN(C(=O)c2ccc(-c3ccc(F)cc3)o2)CC1. The van der Waals surface area contributed by atoms with E-state index < -0.39 is 0 Å². The van der Waals surface area contributed by atoms with Gasteiger partial charge in [0.1, 0.15) is 11.6 Å². The molecule has 0 radical (unpaired) electrons. The molecule has 3 rings (SSSR count). The molecule has 6 heteroatoms. The van der Waals surface area contributed by atoms with Crippen LogP contribution in [0.15, 0.2) is 40.8 Å². The molecule has 1 aliphatic rings. The van der Waals surface area contributed by atoms with Gasteiger partial charge in [0.25, 0.3) is 5.91 Å². The zero-order valence-electron chi connectivity index (χ0n) is 13.5. The molecule has 2 heterocycles. The molecular formula is C18H19FN2O3. The zero-order chi connectivity index (χ0) is 17.1. The number of carbonyl (C=O) groups excluding carboxylic acids is 2. The van der Waals surface area contributed by atoms with Gasteiger partial charge in [0.05, 0.1) is 0 Å². The molecule has 0 aliphatic carbocycles. The Bertz CT molecular complexity index is 739. The third-order valence-electron chi connectivity index (χ3n) is 4.17.